The standard InChI is InChI=1S/C22H20F6N6O2S/c1-5-34(4)20(36)13-9-30-19(37-13)17-16(31-10(2)8-29-17)11(3)32-18(35)12-6-14(21(23,24)25)33-15(7-12)22(26,27)28/h6-9,11H,5H2,1-4H3,(H,32,35)/t11-/m0/s1. The second-order valence-electron chi connectivity index (χ2n) is 7.91. The fourth-order valence-electron chi connectivity index (χ4n) is 3.08. The first-order valence-electron chi connectivity index (χ1n) is 10.6. The van der Waals surface area contributed by atoms with Gasteiger partial charge in [0, 0.05) is 25.4 Å². The van der Waals surface area contributed by atoms with Crippen molar-refractivity contribution >= 4 is 23.2 Å². The van der Waals surface area contributed by atoms with Gasteiger partial charge in [-0.2, -0.15) is 26.3 Å². The molecule has 8 nitrogen and oxygen atoms in total. The van der Waals surface area contributed by atoms with Crippen LogP contribution in [0.5, 0.6) is 0 Å². The van der Waals surface area contributed by atoms with Gasteiger partial charge in [-0.1, -0.05) is 0 Å². The van der Waals surface area contributed by atoms with Crippen LogP contribution in [0.1, 0.15) is 62.7 Å². The number of amides is 2. The topological polar surface area (TPSA) is 101 Å². The van der Waals surface area contributed by atoms with Crippen LogP contribution < -0.4 is 5.32 Å². The van der Waals surface area contributed by atoms with Gasteiger partial charge in [-0.25, -0.2) is 15.0 Å². The molecule has 0 aliphatic rings. The third kappa shape index (κ3) is 6.39. The maximum Gasteiger partial charge on any atom is 0.433 e. The van der Waals surface area contributed by atoms with Crippen LogP contribution in [0.4, 0.5) is 26.3 Å². The van der Waals surface area contributed by atoms with Gasteiger partial charge in [-0.05, 0) is 32.9 Å². The number of hydrogen-bond acceptors (Lipinski definition) is 7. The van der Waals surface area contributed by atoms with Crippen molar-refractivity contribution in [2.45, 2.75) is 39.2 Å². The van der Waals surface area contributed by atoms with E-state index in [1.54, 1.807) is 20.9 Å². The molecule has 0 unspecified atom stereocenters. The number of nitrogens with zero attached hydrogens (tertiary/aromatic N) is 5. The number of pyridine rings is 1. The maximum absolute atomic E-state index is 13.1. The van der Waals surface area contributed by atoms with E-state index < -0.39 is 41.3 Å². The van der Waals surface area contributed by atoms with Crippen molar-refractivity contribution < 1.29 is 35.9 Å². The molecule has 0 fully saturated rings. The molecule has 3 aromatic rings. The van der Waals surface area contributed by atoms with Crippen molar-refractivity contribution in [3.05, 3.63) is 57.7 Å². The van der Waals surface area contributed by atoms with Crippen molar-refractivity contribution in [3.63, 3.8) is 0 Å². The molecule has 0 aliphatic heterocycles. The van der Waals surface area contributed by atoms with E-state index in [0.29, 0.717) is 22.1 Å². The predicted octanol–water partition coefficient (Wildman–Crippen LogP) is 4.92. The molecule has 37 heavy (non-hydrogen) atoms. The van der Waals surface area contributed by atoms with E-state index >= 15 is 0 Å². The molecule has 15 heteroatoms. The van der Waals surface area contributed by atoms with Crippen LogP contribution in [-0.4, -0.2) is 50.2 Å². The van der Waals surface area contributed by atoms with Crippen LogP contribution in [0.3, 0.4) is 0 Å². The second kappa shape index (κ2) is 10.4. The molecule has 0 aliphatic carbocycles. The average molecular weight is 546 g/mol. The third-order valence-electron chi connectivity index (χ3n) is 5.09. The summed E-state index contributed by atoms with van der Waals surface area (Å²) in [6.45, 7) is 5.31. The molecule has 198 valence electrons. The minimum atomic E-state index is -5.21. The number of thiazole rings is 1. The van der Waals surface area contributed by atoms with Gasteiger partial charge < -0.3 is 10.2 Å². The minimum Gasteiger partial charge on any atom is -0.344 e. The van der Waals surface area contributed by atoms with Crippen molar-refractivity contribution in [2.75, 3.05) is 13.6 Å². The number of carbonyl (C=O) groups excluding carboxylic acids is 2. The molecule has 1 N–H and O–H groups in total. The molecular weight excluding hydrogens is 526 g/mol. The lowest BCUT2D eigenvalue weighted by molar-refractivity contribution is -0.150. The molecule has 0 saturated heterocycles. The lowest BCUT2D eigenvalue weighted by atomic mass is 10.1. The number of aryl methyl sites for hydroxylation is 1. The highest BCUT2D eigenvalue weighted by Gasteiger charge is 2.39. The average Bonchev–Trinajstić information content (AvgIpc) is 3.31. The lowest BCUT2D eigenvalue weighted by Gasteiger charge is -2.17. The van der Waals surface area contributed by atoms with E-state index in [2.05, 4.69) is 25.3 Å². The first-order chi connectivity index (χ1) is 17.1. The number of alkyl halides is 6. The summed E-state index contributed by atoms with van der Waals surface area (Å²) in [6.07, 6.45) is -7.63. The largest absolute Gasteiger partial charge is 0.433 e. The third-order valence-corrected chi connectivity index (χ3v) is 6.08. The summed E-state index contributed by atoms with van der Waals surface area (Å²) >= 11 is 1.02. The maximum atomic E-state index is 13.1. The molecule has 0 aromatic carbocycles. The Bertz CT molecular complexity index is 1290. The predicted molar refractivity (Wildman–Crippen MR) is 121 cm³/mol. The monoisotopic (exact) mass is 546 g/mol. The normalized spacial score (nSPS) is 12.8. The number of rotatable bonds is 6. The number of halogens is 6. The Morgan fingerprint density at radius 3 is 2.16 bits per heavy atom. The van der Waals surface area contributed by atoms with E-state index in [1.807, 2.05) is 0 Å². The van der Waals surface area contributed by atoms with Gasteiger partial charge in [0.1, 0.15) is 27.0 Å². The molecule has 3 rings (SSSR count). The van der Waals surface area contributed by atoms with Crippen molar-refractivity contribution in [1.29, 1.82) is 0 Å². The number of aromatic nitrogens is 4. The summed E-state index contributed by atoms with van der Waals surface area (Å²) in [6, 6.07) is -0.528. The zero-order valence-electron chi connectivity index (χ0n) is 19.8. The number of carbonyl (C=O) groups is 2. The summed E-state index contributed by atoms with van der Waals surface area (Å²) in [4.78, 5) is 42.4. The molecule has 0 spiro atoms. The van der Waals surface area contributed by atoms with Crippen LogP contribution in [0.15, 0.2) is 24.5 Å². The van der Waals surface area contributed by atoms with E-state index in [0.717, 1.165) is 11.3 Å². The van der Waals surface area contributed by atoms with Crippen molar-refractivity contribution in [3.8, 4) is 10.7 Å². The highest BCUT2D eigenvalue weighted by Crippen LogP contribution is 2.34. The molecule has 1 atom stereocenters. The van der Waals surface area contributed by atoms with Crippen LogP contribution in [-0.2, 0) is 12.4 Å². The molecular formula is C22H20F6N6O2S. The Morgan fingerprint density at radius 1 is 1.03 bits per heavy atom. The van der Waals surface area contributed by atoms with E-state index in [-0.39, 0.29) is 29.4 Å². The smallest absolute Gasteiger partial charge is 0.344 e. The summed E-state index contributed by atoms with van der Waals surface area (Å²) in [5.41, 5.74) is -3.80. The zero-order valence-corrected chi connectivity index (χ0v) is 20.6. The van der Waals surface area contributed by atoms with Gasteiger partial charge in [0.05, 0.1) is 23.6 Å². The Hall–Kier alpha value is -3.62. The van der Waals surface area contributed by atoms with Crippen LogP contribution in [0, 0.1) is 6.92 Å². The zero-order chi connectivity index (χ0) is 27.7. The fraction of sp³-hybridized carbons (Fsp3) is 0.364. The first-order valence-corrected chi connectivity index (χ1v) is 11.5. The summed E-state index contributed by atoms with van der Waals surface area (Å²) in [7, 11) is 1.62. The van der Waals surface area contributed by atoms with E-state index in [9.17, 15) is 35.9 Å². The fourth-order valence-corrected chi connectivity index (χ4v) is 3.99. The van der Waals surface area contributed by atoms with Gasteiger partial charge in [-0.3, -0.25) is 14.6 Å². The SMILES string of the molecule is CCN(C)C(=O)c1cnc(-c2ncc(C)nc2[C@H](C)NC(=O)c2cc(C(F)(F)F)nc(C(F)(F)F)c2)s1. The molecule has 3 aromatic heterocycles. The highest BCUT2D eigenvalue weighted by atomic mass is 32.1. The summed E-state index contributed by atoms with van der Waals surface area (Å²) in [5.74, 6) is -1.48. The number of nitrogens with one attached hydrogen (secondary N) is 1. The van der Waals surface area contributed by atoms with E-state index in [1.165, 1.54) is 24.2 Å². The van der Waals surface area contributed by atoms with Gasteiger partial charge in [0.2, 0.25) is 0 Å². The molecule has 0 bridgehead atoms. The van der Waals surface area contributed by atoms with Crippen LogP contribution >= 0.6 is 11.3 Å². The number of hydrogen-bond donors (Lipinski definition) is 1. The Morgan fingerprint density at radius 2 is 1.62 bits per heavy atom. The minimum absolute atomic E-state index is 0.159. The second-order valence-corrected chi connectivity index (χ2v) is 8.94. The molecule has 3 heterocycles. The summed E-state index contributed by atoms with van der Waals surface area (Å²) in [5, 5.41) is 2.65. The Labute approximate surface area is 210 Å². The van der Waals surface area contributed by atoms with Gasteiger partial charge in [0.15, 0.2) is 0 Å². The quantitative estimate of drug-likeness (QED) is 0.441. The molecule has 2 amide bonds. The van der Waals surface area contributed by atoms with Crippen molar-refractivity contribution in [2.24, 2.45) is 0 Å². The van der Waals surface area contributed by atoms with Gasteiger partial charge >= 0.3 is 12.4 Å². The Balaban J connectivity index is 1.96. The van der Waals surface area contributed by atoms with Gasteiger partial charge in [-0.15, -0.1) is 11.3 Å². The van der Waals surface area contributed by atoms with Crippen LogP contribution in [0.25, 0.3) is 10.7 Å². The van der Waals surface area contributed by atoms with Gasteiger partial charge in [0.25, 0.3) is 11.8 Å². The highest BCUT2D eigenvalue weighted by molar-refractivity contribution is 7.16. The van der Waals surface area contributed by atoms with E-state index in [4.69, 9.17) is 0 Å². The summed E-state index contributed by atoms with van der Waals surface area (Å²) < 4.78 is 78.8. The van der Waals surface area contributed by atoms with Crippen molar-refractivity contribution in [1.82, 2.24) is 30.2 Å². The van der Waals surface area contributed by atoms with Crippen LogP contribution in [0.2, 0.25) is 0 Å². The Kier molecular flexibility index (Phi) is 7.86. The first kappa shape index (κ1) is 28.0. The molecule has 0 radical (unpaired) electrons. The molecule has 0 saturated carbocycles. The lowest BCUT2D eigenvalue weighted by Crippen LogP contribution is -2.29.